The summed E-state index contributed by atoms with van der Waals surface area (Å²) < 4.78 is 0. The summed E-state index contributed by atoms with van der Waals surface area (Å²) >= 11 is 4.61. The quantitative estimate of drug-likeness (QED) is 0.390. The van der Waals surface area contributed by atoms with Crippen molar-refractivity contribution in [2.45, 2.75) is 26.2 Å². The van der Waals surface area contributed by atoms with Gasteiger partial charge in [0.1, 0.15) is 0 Å². The Bertz CT molecular complexity index is 950. The maximum Gasteiger partial charge on any atom is 0.0740 e. The second kappa shape index (κ2) is 6.81. The van der Waals surface area contributed by atoms with Crippen LogP contribution in [-0.4, -0.2) is 5.16 Å². The van der Waals surface area contributed by atoms with Crippen LogP contribution in [0.3, 0.4) is 0 Å². The molecule has 0 heterocycles. The predicted molar refractivity (Wildman–Crippen MR) is 107 cm³/mol. The highest BCUT2D eigenvalue weighted by atomic mass is 32.1. The number of benzene rings is 2. The van der Waals surface area contributed by atoms with Gasteiger partial charge in [0.05, 0.1) is 10.8 Å². The van der Waals surface area contributed by atoms with Crippen molar-refractivity contribution in [3.63, 3.8) is 0 Å². The number of nitrogens with zero attached hydrogens (tertiary/aromatic N) is 1. The Morgan fingerprint density at radius 3 is 2.52 bits per heavy atom. The molecule has 0 spiro atoms. The number of allylic oxidation sites excluding steroid dienone is 1. The first-order valence-corrected chi connectivity index (χ1v) is 9.14. The van der Waals surface area contributed by atoms with Gasteiger partial charge in [-0.15, -0.1) is 0 Å². The molecule has 0 N–H and O–H groups in total. The lowest BCUT2D eigenvalue weighted by Gasteiger charge is -2.01. The van der Waals surface area contributed by atoms with Crippen LogP contribution in [0.15, 0.2) is 53.0 Å². The Hall–Kier alpha value is -2.46. The smallest absolute Gasteiger partial charge is 0.0740 e. The standard InChI is InChI=1S/C23H19NS/c1-16-10-21(16)13-19-12-20-7-4-18(11-22(20)14-19)3-2-17-5-8-23(9-6-17)24-15-25/h4-9,11-12,16,21H,10,13-14H2,1H3. The van der Waals surface area contributed by atoms with Crippen LogP contribution in [0.2, 0.25) is 0 Å². The first-order valence-electron chi connectivity index (χ1n) is 8.73. The predicted octanol–water partition coefficient (Wildman–Crippen LogP) is 5.81. The average molecular weight is 341 g/mol. The van der Waals surface area contributed by atoms with Crippen LogP contribution in [-0.2, 0) is 6.42 Å². The fourth-order valence-electron chi connectivity index (χ4n) is 3.46. The highest BCUT2D eigenvalue weighted by Crippen LogP contribution is 2.44. The first-order chi connectivity index (χ1) is 12.2. The molecule has 2 unspecified atom stereocenters. The van der Waals surface area contributed by atoms with E-state index in [4.69, 9.17) is 0 Å². The summed E-state index contributed by atoms with van der Waals surface area (Å²) in [7, 11) is 0. The van der Waals surface area contributed by atoms with Crippen LogP contribution in [0.5, 0.6) is 0 Å². The summed E-state index contributed by atoms with van der Waals surface area (Å²) in [6.07, 6.45) is 6.15. The van der Waals surface area contributed by atoms with E-state index < -0.39 is 0 Å². The SMILES string of the molecule is CC1CC1CC1=Cc2ccc(C#Cc3ccc(N=C=S)cc3)cc2C1. The van der Waals surface area contributed by atoms with Gasteiger partial charge in [-0.2, -0.15) is 4.99 Å². The van der Waals surface area contributed by atoms with Gasteiger partial charge >= 0.3 is 0 Å². The summed E-state index contributed by atoms with van der Waals surface area (Å²) in [5, 5.41) is 2.37. The topological polar surface area (TPSA) is 12.4 Å². The zero-order chi connectivity index (χ0) is 17.2. The van der Waals surface area contributed by atoms with Crippen LogP contribution in [0, 0.1) is 23.7 Å². The monoisotopic (exact) mass is 341 g/mol. The normalized spacial score (nSPS) is 20.0. The molecule has 0 bridgehead atoms. The molecule has 1 fully saturated rings. The number of hydrogen-bond acceptors (Lipinski definition) is 2. The molecule has 1 nitrogen and oxygen atoms in total. The number of fused-ring (bicyclic) bond motifs is 1. The van der Waals surface area contributed by atoms with Crippen LogP contribution in [0.4, 0.5) is 5.69 Å². The van der Waals surface area contributed by atoms with Gasteiger partial charge in [-0.05, 0) is 90.8 Å². The largest absolute Gasteiger partial charge is 0.195 e. The van der Waals surface area contributed by atoms with E-state index in [-0.39, 0.29) is 0 Å². The summed E-state index contributed by atoms with van der Waals surface area (Å²) in [5.74, 6) is 8.35. The van der Waals surface area contributed by atoms with Crippen molar-refractivity contribution in [3.05, 3.63) is 70.3 Å². The van der Waals surface area contributed by atoms with Gasteiger partial charge in [-0.25, -0.2) is 0 Å². The van der Waals surface area contributed by atoms with E-state index >= 15 is 0 Å². The minimum Gasteiger partial charge on any atom is -0.195 e. The highest BCUT2D eigenvalue weighted by molar-refractivity contribution is 7.78. The zero-order valence-electron chi connectivity index (χ0n) is 14.3. The lowest BCUT2D eigenvalue weighted by atomic mass is 10.0. The third-order valence-electron chi connectivity index (χ3n) is 5.11. The second-order valence-corrected chi connectivity index (χ2v) is 7.25. The highest BCUT2D eigenvalue weighted by Gasteiger charge is 2.33. The first kappa shape index (κ1) is 16.0. The molecular formula is C23H19NS. The van der Waals surface area contributed by atoms with Crippen molar-refractivity contribution in [1.29, 1.82) is 0 Å². The van der Waals surface area contributed by atoms with Crippen molar-refractivity contribution in [1.82, 2.24) is 0 Å². The Balaban J connectivity index is 1.46. The van der Waals surface area contributed by atoms with E-state index in [9.17, 15) is 0 Å². The third-order valence-corrected chi connectivity index (χ3v) is 5.21. The molecule has 2 aliphatic carbocycles. The van der Waals surface area contributed by atoms with Crippen molar-refractivity contribution >= 4 is 29.1 Å². The number of thiocarbonyl (C=S) groups is 1. The van der Waals surface area contributed by atoms with E-state index in [1.165, 1.54) is 24.0 Å². The molecule has 4 rings (SSSR count). The maximum atomic E-state index is 4.61. The van der Waals surface area contributed by atoms with E-state index in [1.807, 2.05) is 24.3 Å². The van der Waals surface area contributed by atoms with Crippen LogP contribution >= 0.6 is 12.2 Å². The molecule has 0 aliphatic heterocycles. The number of isothiocyanates is 1. The molecule has 2 aliphatic rings. The molecule has 122 valence electrons. The molecule has 0 radical (unpaired) electrons. The third kappa shape index (κ3) is 3.80. The molecule has 0 amide bonds. The van der Waals surface area contributed by atoms with Crippen molar-refractivity contribution < 1.29 is 0 Å². The van der Waals surface area contributed by atoms with Gasteiger partial charge in [0, 0.05) is 11.1 Å². The minimum absolute atomic E-state index is 0.807. The molecule has 2 aromatic carbocycles. The van der Waals surface area contributed by atoms with Gasteiger partial charge in [0.25, 0.3) is 0 Å². The van der Waals surface area contributed by atoms with Gasteiger partial charge in [0.2, 0.25) is 0 Å². The molecule has 2 aromatic rings. The van der Waals surface area contributed by atoms with Gasteiger partial charge in [0.15, 0.2) is 0 Å². The number of rotatable bonds is 3. The van der Waals surface area contributed by atoms with E-state index in [0.29, 0.717) is 0 Å². The van der Waals surface area contributed by atoms with E-state index in [1.54, 1.807) is 5.57 Å². The van der Waals surface area contributed by atoms with Crippen molar-refractivity contribution in [3.8, 4) is 11.8 Å². The Kier molecular flexibility index (Phi) is 4.36. The number of aliphatic imine (C=N–C) groups is 1. The Morgan fingerprint density at radius 2 is 1.80 bits per heavy atom. The summed E-state index contributed by atoms with van der Waals surface area (Å²) in [6, 6.07) is 14.3. The fraction of sp³-hybridized carbons (Fsp3) is 0.261. The zero-order valence-corrected chi connectivity index (χ0v) is 15.1. The molecule has 1 saturated carbocycles. The molecule has 2 heteroatoms. The molecule has 2 atom stereocenters. The summed E-state index contributed by atoms with van der Waals surface area (Å²) in [6.45, 7) is 2.36. The van der Waals surface area contributed by atoms with Crippen molar-refractivity contribution in [2.24, 2.45) is 16.8 Å². The second-order valence-electron chi connectivity index (χ2n) is 7.07. The van der Waals surface area contributed by atoms with Gasteiger partial charge < -0.3 is 0 Å². The molecular weight excluding hydrogens is 322 g/mol. The van der Waals surface area contributed by atoms with Crippen LogP contribution in [0.1, 0.15) is 42.0 Å². The Labute approximate surface area is 154 Å². The lowest BCUT2D eigenvalue weighted by molar-refractivity contribution is 0.733. The Morgan fingerprint density at radius 1 is 1.08 bits per heavy atom. The summed E-state index contributed by atoms with van der Waals surface area (Å²) in [4.78, 5) is 3.95. The minimum atomic E-state index is 0.807. The van der Waals surface area contributed by atoms with Gasteiger partial charge in [-0.1, -0.05) is 36.5 Å². The van der Waals surface area contributed by atoms with Gasteiger partial charge in [-0.3, -0.25) is 0 Å². The maximum absolute atomic E-state index is 4.61. The van der Waals surface area contributed by atoms with E-state index in [0.717, 1.165) is 35.1 Å². The number of hydrogen-bond donors (Lipinski definition) is 0. The molecule has 25 heavy (non-hydrogen) atoms. The lowest BCUT2D eigenvalue weighted by Crippen LogP contribution is -1.89. The van der Waals surface area contributed by atoms with Crippen LogP contribution < -0.4 is 0 Å². The van der Waals surface area contributed by atoms with Crippen molar-refractivity contribution in [2.75, 3.05) is 0 Å². The average Bonchev–Trinajstić information content (AvgIpc) is 3.15. The summed E-state index contributed by atoms with van der Waals surface area (Å²) in [5.41, 5.74) is 7.24. The molecule has 0 saturated heterocycles. The van der Waals surface area contributed by atoms with Crippen LogP contribution in [0.25, 0.3) is 6.08 Å². The molecule has 0 aromatic heterocycles. The van der Waals surface area contributed by atoms with E-state index in [2.05, 4.69) is 65.4 Å². The fourth-order valence-corrected chi connectivity index (χ4v) is 3.57.